The Kier molecular flexibility index (Phi) is 17.4. The minimum absolute atomic E-state index is 0.137. The zero-order chi connectivity index (χ0) is 43.5. The summed E-state index contributed by atoms with van der Waals surface area (Å²) in [6.07, 6.45) is -8.29. The van der Waals surface area contributed by atoms with Crippen molar-refractivity contribution in [2.75, 3.05) is 48.1 Å². The summed E-state index contributed by atoms with van der Waals surface area (Å²) in [6.45, 7) is 19.1. The quantitative estimate of drug-likeness (QED) is 0.142. The highest BCUT2D eigenvalue weighted by atomic mass is 16.7. The van der Waals surface area contributed by atoms with Crippen LogP contribution in [0.25, 0.3) is 0 Å². The molecule has 0 aromatic rings. The van der Waals surface area contributed by atoms with Crippen molar-refractivity contribution in [2.24, 2.45) is 23.7 Å². The minimum atomic E-state index is -1.64. The van der Waals surface area contributed by atoms with E-state index in [1.165, 1.54) is 7.11 Å². The molecule has 4 rings (SSSR count). The number of aliphatic hydroxyl groups is 4. The van der Waals surface area contributed by atoms with Crippen molar-refractivity contribution in [1.29, 1.82) is 0 Å². The van der Waals surface area contributed by atoms with Crippen molar-refractivity contribution in [3.63, 3.8) is 0 Å². The molecule has 16 nitrogen and oxygen atoms in total. The molecular weight excluding hydrogens is 756 g/mol. The largest absolute Gasteiger partial charge is 0.459 e. The first kappa shape index (κ1) is 49.6. The van der Waals surface area contributed by atoms with Gasteiger partial charge in [-0.15, -0.1) is 0 Å². The van der Waals surface area contributed by atoms with E-state index in [0.29, 0.717) is 19.6 Å². The number of carbonyl (C=O) groups is 1. The molecular formula is C42H78N2O14. The molecule has 4 fully saturated rings. The molecule has 0 aromatic heterocycles. The van der Waals surface area contributed by atoms with Crippen LogP contribution < -0.4 is 5.32 Å². The number of rotatable bonds is 12. The van der Waals surface area contributed by atoms with E-state index in [1.807, 2.05) is 53.6 Å². The van der Waals surface area contributed by atoms with Crippen molar-refractivity contribution in [3.8, 4) is 0 Å². The second kappa shape index (κ2) is 20.4. The van der Waals surface area contributed by atoms with Gasteiger partial charge < -0.3 is 68.0 Å². The fraction of sp³-hybridized carbons (Fsp3) is 0.976. The van der Waals surface area contributed by atoms with E-state index < -0.39 is 96.1 Å². The highest BCUT2D eigenvalue weighted by Crippen LogP contribution is 2.43. The smallest absolute Gasteiger partial charge is 0.311 e. The van der Waals surface area contributed by atoms with Crippen LogP contribution in [0, 0.1) is 23.7 Å². The number of aliphatic hydroxyl groups excluding tert-OH is 2. The third-order valence-corrected chi connectivity index (χ3v) is 13.5. The third-order valence-electron chi connectivity index (χ3n) is 13.5. The number of hydrogen-bond donors (Lipinski definition) is 5. The Morgan fingerprint density at radius 1 is 0.914 bits per heavy atom. The van der Waals surface area contributed by atoms with E-state index in [-0.39, 0.29) is 55.9 Å². The number of likely N-dealkylation sites (N-methyl/N-ethyl adjacent to an activating group) is 1. The molecule has 4 heterocycles. The predicted octanol–water partition coefficient (Wildman–Crippen LogP) is 2.20. The van der Waals surface area contributed by atoms with E-state index in [2.05, 4.69) is 5.32 Å². The van der Waals surface area contributed by atoms with Crippen molar-refractivity contribution >= 4 is 5.97 Å². The molecule has 0 aliphatic carbocycles. The molecule has 20 atom stereocenters. The van der Waals surface area contributed by atoms with Crippen molar-refractivity contribution in [2.45, 2.75) is 191 Å². The maximum Gasteiger partial charge on any atom is 0.311 e. The number of nitrogens with one attached hydrogen (secondary N) is 1. The fourth-order valence-corrected chi connectivity index (χ4v) is 10.0. The van der Waals surface area contributed by atoms with E-state index in [0.717, 1.165) is 0 Å². The average Bonchev–Trinajstić information content (AvgIpc) is 3.15. The van der Waals surface area contributed by atoms with Gasteiger partial charge >= 0.3 is 5.97 Å². The average molecular weight is 835 g/mol. The molecule has 4 saturated heterocycles. The summed E-state index contributed by atoms with van der Waals surface area (Å²) in [5.41, 5.74) is -4.27. The topological polar surface area (TPSA) is 196 Å². The van der Waals surface area contributed by atoms with E-state index in [4.69, 9.17) is 42.6 Å². The number of nitrogens with zero attached hydrogens (tertiary/aromatic N) is 1. The number of esters is 1. The van der Waals surface area contributed by atoms with Crippen molar-refractivity contribution in [3.05, 3.63) is 0 Å². The molecule has 340 valence electrons. The van der Waals surface area contributed by atoms with Crippen LogP contribution in [0.4, 0.5) is 0 Å². The van der Waals surface area contributed by atoms with Crippen LogP contribution in [-0.2, 0) is 47.4 Å². The third kappa shape index (κ3) is 11.1. The van der Waals surface area contributed by atoms with Crippen LogP contribution in [0.15, 0.2) is 0 Å². The van der Waals surface area contributed by atoms with Crippen molar-refractivity contribution < 1.29 is 67.9 Å². The molecule has 4 aliphatic rings. The molecule has 0 amide bonds. The summed E-state index contributed by atoms with van der Waals surface area (Å²) >= 11 is 0. The van der Waals surface area contributed by atoms with Gasteiger partial charge in [0, 0.05) is 44.6 Å². The van der Waals surface area contributed by atoms with Gasteiger partial charge in [0.1, 0.15) is 30.1 Å². The van der Waals surface area contributed by atoms with Crippen LogP contribution in [0.5, 0.6) is 0 Å². The van der Waals surface area contributed by atoms with Crippen LogP contribution in [-0.4, -0.2) is 176 Å². The summed E-state index contributed by atoms with van der Waals surface area (Å²) in [6, 6.07) is -0.593. The summed E-state index contributed by atoms with van der Waals surface area (Å²) < 4.78 is 55.7. The normalized spacial score (nSPS) is 48.7. The van der Waals surface area contributed by atoms with Crippen LogP contribution in [0.1, 0.15) is 94.9 Å². The standard InChI is InChI=1S/C42H78N2O14/c1-15-29-42(10,49)37-24(4)32(43-30(56-37)21-52-17-16-50-13)22(2)19-40(8,48)36(58-39-33(45)28(44(11)12)18-23(3)53-39)25(5)34(26(6)38(47)55-29)57-31-20-41(9,51-14)35(46)27(7)54-31/h22-37,39,43,45-46,48-49H,15-21H2,1-14H3/t22-,23?,24+,25+,26-,27?,28?,29-,30+,31?,32+,33?,34+,35?,36-,37-,39?,40-,41?,42-/m1/s1. The maximum absolute atomic E-state index is 14.5. The first-order valence-corrected chi connectivity index (χ1v) is 21.4. The highest BCUT2D eigenvalue weighted by molar-refractivity contribution is 5.73. The van der Waals surface area contributed by atoms with Gasteiger partial charge in [0.2, 0.25) is 0 Å². The number of fused-ring (bicyclic) bond motifs is 2. The molecule has 0 aromatic carbocycles. The summed E-state index contributed by atoms with van der Waals surface area (Å²) in [7, 11) is 6.90. The van der Waals surface area contributed by atoms with E-state index >= 15 is 0 Å². The number of cyclic esters (lactones) is 1. The first-order chi connectivity index (χ1) is 27.0. The van der Waals surface area contributed by atoms with Crippen LogP contribution in [0.3, 0.4) is 0 Å². The second-order valence-corrected chi connectivity index (χ2v) is 18.6. The SMILES string of the molecule is CC[C@H]1OC(=O)[C@H](C)[C@@H](OC2CC(C)(OC)C(O)C(C)O2)[C@H](C)[C@@H](OC2OC(C)CC(N(C)C)C2O)[C@](C)(O)C[C@@H](C)[C@@H]2N[C@H](COCCOC)O[C@H]([C@H]2C)[C@]1(C)O. The Morgan fingerprint density at radius 3 is 2.19 bits per heavy atom. The molecule has 5 N–H and O–H groups in total. The second-order valence-electron chi connectivity index (χ2n) is 18.6. The predicted molar refractivity (Wildman–Crippen MR) is 214 cm³/mol. The van der Waals surface area contributed by atoms with Crippen molar-refractivity contribution in [1.82, 2.24) is 10.2 Å². The van der Waals surface area contributed by atoms with Gasteiger partial charge in [0.25, 0.3) is 0 Å². The summed E-state index contributed by atoms with van der Waals surface area (Å²) in [5.74, 6) is -2.95. The lowest BCUT2D eigenvalue weighted by Gasteiger charge is -2.52. The van der Waals surface area contributed by atoms with Gasteiger partial charge in [-0.3, -0.25) is 10.1 Å². The Bertz CT molecular complexity index is 1290. The molecule has 0 spiro atoms. The van der Waals surface area contributed by atoms with Gasteiger partial charge in [0.15, 0.2) is 12.6 Å². The number of methoxy groups -OCH3 is 2. The lowest BCUT2D eigenvalue weighted by Crippen LogP contribution is -2.67. The lowest BCUT2D eigenvalue weighted by molar-refractivity contribution is -0.318. The molecule has 2 bridgehead atoms. The first-order valence-electron chi connectivity index (χ1n) is 21.4. The Morgan fingerprint density at radius 2 is 1.59 bits per heavy atom. The summed E-state index contributed by atoms with van der Waals surface area (Å²) in [4.78, 5) is 16.4. The van der Waals surface area contributed by atoms with E-state index in [1.54, 1.807) is 41.7 Å². The fourth-order valence-electron chi connectivity index (χ4n) is 10.0. The van der Waals surface area contributed by atoms with Gasteiger partial charge in [-0.05, 0) is 80.8 Å². The van der Waals surface area contributed by atoms with Crippen LogP contribution in [0.2, 0.25) is 0 Å². The number of hydrogen-bond acceptors (Lipinski definition) is 16. The zero-order valence-electron chi connectivity index (χ0n) is 37.6. The summed E-state index contributed by atoms with van der Waals surface area (Å²) in [5, 5.41) is 51.5. The monoisotopic (exact) mass is 835 g/mol. The van der Waals surface area contributed by atoms with Gasteiger partial charge in [0.05, 0.1) is 67.5 Å². The Labute approximate surface area is 346 Å². The molecule has 58 heavy (non-hydrogen) atoms. The molecule has 8 unspecified atom stereocenters. The van der Waals surface area contributed by atoms with Gasteiger partial charge in [-0.2, -0.15) is 0 Å². The number of carbonyl (C=O) groups excluding carboxylic acids is 1. The zero-order valence-corrected chi connectivity index (χ0v) is 37.6. The van der Waals surface area contributed by atoms with Gasteiger partial charge in [-0.25, -0.2) is 0 Å². The maximum atomic E-state index is 14.5. The van der Waals surface area contributed by atoms with Crippen LogP contribution >= 0.6 is 0 Å². The lowest BCUT2D eigenvalue weighted by atomic mass is 9.71. The molecule has 16 heteroatoms. The molecule has 0 saturated carbocycles. The minimum Gasteiger partial charge on any atom is -0.459 e. The van der Waals surface area contributed by atoms with Gasteiger partial charge in [-0.1, -0.05) is 27.7 Å². The highest BCUT2D eigenvalue weighted by Gasteiger charge is 2.55. The number of ether oxygens (including phenoxy) is 9. The Balaban J connectivity index is 1.83. The molecule has 0 radical (unpaired) electrons. The molecule has 4 aliphatic heterocycles. The Hall–Kier alpha value is -1.09. The van der Waals surface area contributed by atoms with E-state index in [9.17, 15) is 25.2 Å².